The van der Waals surface area contributed by atoms with Gasteiger partial charge in [0.2, 0.25) is 10.0 Å². The predicted octanol–water partition coefficient (Wildman–Crippen LogP) is 4.12. The van der Waals surface area contributed by atoms with Crippen LogP contribution in [-0.4, -0.2) is 44.6 Å². The van der Waals surface area contributed by atoms with E-state index < -0.39 is 10.0 Å². The first-order valence-corrected chi connectivity index (χ1v) is 12.4. The van der Waals surface area contributed by atoms with E-state index in [0.29, 0.717) is 11.5 Å². The number of rotatable bonds is 9. The highest BCUT2D eigenvalue weighted by Crippen LogP contribution is 2.28. The number of nitrogens with one attached hydrogen (secondary N) is 1. The Bertz CT molecular complexity index is 880. The third kappa shape index (κ3) is 5.91. The van der Waals surface area contributed by atoms with Crippen LogP contribution in [0.4, 0.5) is 0 Å². The van der Waals surface area contributed by atoms with Crippen LogP contribution in [0.25, 0.3) is 0 Å². The topological polar surface area (TPSA) is 58.6 Å². The summed E-state index contributed by atoms with van der Waals surface area (Å²) in [4.78, 5) is 2.68. The van der Waals surface area contributed by atoms with Gasteiger partial charge in [-0.3, -0.25) is 4.90 Å². The van der Waals surface area contributed by atoms with E-state index in [0.717, 1.165) is 37.9 Å². The lowest BCUT2D eigenvalue weighted by Gasteiger charge is -2.42. The molecule has 5 nitrogen and oxygen atoms in total. The minimum atomic E-state index is -3.55. The minimum Gasteiger partial charge on any atom is -0.373 e. The Morgan fingerprint density at radius 2 is 1.67 bits per heavy atom. The van der Waals surface area contributed by atoms with E-state index in [-0.39, 0.29) is 18.2 Å². The molecule has 0 unspecified atom stereocenters. The molecule has 0 spiro atoms. The molecule has 0 amide bonds. The number of hydrogen-bond acceptors (Lipinski definition) is 4. The maximum atomic E-state index is 13.0. The Kier molecular flexibility index (Phi) is 8.06. The van der Waals surface area contributed by atoms with Crippen molar-refractivity contribution in [2.45, 2.75) is 69.7 Å². The van der Waals surface area contributed by atoms with E-state index in [4.69, 9.17) is 4.74 Å². The molecule has 1 fully saturated rings. The van der Waals surface area contributed by atoms with Gasteiger partial charge < -0.3 is 4.74 Å². The number of hydrogen-bond donors (Lipinski definition) is 1. The average Bonchev–Trinajstić information content (AvgIpc) is 2.75. The van der Waals surface area contributed by atoms with E-state index in [1.54, 1.807) is 12.1 Å². The molecule has 164 valence electrons. The highest BCUT2D eigenvalue weighted by atomic mass is 32.2. The van der Waals surface area contributed by atoms with Crippen molar-refractivity contribution in [3.8, 4) is 0 Å². The SMILES string of the molecule is CCN(CC)[C@H]1C[C@@H](OCc2ccccc2)CC[C@@H]1NS(=O)(=O)c1ccc(C)cc1. The van der Waals surface area contributed by atoms with Gasteiger partial charge in [0.1, 0.15) is 0 Å². The summed E-state index contributed by atoms with van der Waals surface area (Å²) in [5.74, 6) is 0. The first kappa shape index (κ1) is 22.9. The van der Waals surface area contributed by atoms with Crippen molar-refractivity contribution in [2.75, 3.05) is 13.1 Å². The molecular weight excluding hydrogens is 396 g/mol. The first-order chi connectivity index (χ1) is 14.4. The van der Waals surface area contributed by atoms with Crippen LogP contribution in [0.2, 0.25) is 0 Å². The molecule has 2 aromatic carbocycles. The third-order valence-electron chi connectivity index (χ3n) is 6.02. The first-order valence-electron chi connectivity index (χ1n) is 10.9. The van der Waals surface area contributed by atoms with Gasteiger partial charge in [-0.15, -0.1) is 0 Å². The number of nitrogens with zero attached hydrogens (tertiary/aromatic N) is 1. The number of ether oxygens (including phenoxy) is 1. The fourth-order valence-electron chi connectivity index (χ4n) is 4.27. The molecule has 1 N–H and O–H groups in total. The average molecular weight is 431 g/mol. The molecule has 1 saturated carbocycles. The summed E-state index contributed by atoms with van der Waals surface area (Å²) < 4.78 is 35.2. The molecule has 0 radical (unpaired) electrons. The van der Waals surface area contributed by atoms with Gasteiger partial charge in [-0.2, -0.15) is 0 Å². The smallest absolute Gasteiger partial charge is 0.240 e. The van der Waals surface area contributed by atoms with E-state index in [1.165, 1.54) is 5.56 Å². The largest absolute Gasteiger partial charge is 0.373 e. The van der Waals surface area contributed by atoms with Crippen molar-refractivity contribution in [3.63, 3.8) is 0 Å². The van der Waals surface area contributed by atoms with Gasteiger partial charge >= 0.3 is 0 Å². The Labute approximate surface area is 181 Å². The van der Waals surface area contributed by atoms with Crippen LogP contribution in [-0.2, 0) is 21.4 Å². The quantitative estimate of drug-likeness (QED) is 0.650. The maximum Gasteiger partial charge on any atom is 0.240 e. The van der Waals surface area contributed by atoms with Gasteiger partial charge in [-0.1, -0.05) is 61.9 Å². The maximum absolute atomic E-state index is 13.0. The molecule has 2 aromatic rings. The molecule has 3 atom stereocenters. The number of likely N-dealkylation sites (N-methyl/N-ethyl adjacent to an activating group) is 1. The van der Waals surface area contributed by atoms with Crippen molar-refractivity contribution < 1.29 is 13.2 Å². The second kappa shape index (κ2) is 10.5. The number of sulfonamides is 1. The van der Waals surface area contributed by atoms with Gasteiger partial charge in [0.25, 0.3) is 0 Å². The van der Waals surface area contributed by atoms with Crippen molar-refractivity contribution in [1.82, 2.24) is 9.62 Å². The van der Waals surface area contributed by atoms with Gasteiger partial charge in [-0.05, 0) is 57.0 Å². The predicted molar refractivity (Wildman–Crippen MR) is 121 cm³/mol. The molecule has 1 aliphatic rings. The van der Waals surface area contributed by atoms with Gasteiger partial charge in [-0.25, -0.2) is 13.1 Å². The molecule has 0 heterocycles. The second-order valence-electron chi connectivity index (χ2n) is 8.06. The van der Waals surface area contributed by atoms with Crippen LogP contribution >= 0.6 is 0 Å². The summed E-state index contributed by atoms with van der Waals surface area (Å²) in [6.45, 7) is 8.57. The van der Waals surface area contributed by atoms with Gasteiger partial charge in [0.15, 0.2) is 0 Å². The fourth-order valence-corrected chi connectivity index (χ4v) is 5.57. The summed E-state index contributed by atoms with van der Waals surface area (Å²) in [7, 11) is -3.55. The molecule has 0 bridgehead atoms. The van der Waals surface area contributed by atoms with Crippen LogP contribution in [0.3, 0.4) is 0 Å². The lowest BCUT2D eigenvalue weighted by atomic mass is 9.87. The third-order valence-corrected chi connectivity index (χ3v) is 7.52. The van der Waals surface area contributed by atoms with Crippen LogP contribution in [0, 0.1) is 6.92 Å². The van der Waals surface area contributed by atoms with E-state index in [1.807, 2.05) is 37.3 Å². The van der Waals surface area contributed by atoms with Crippen LogP contribution in [0.15, 0.2) is 59.5 Å². The number of aryl methyl sites for hydroxylation is 1. The monoisotopic (exact) mass is 430 g/mol. The lowest BCUT2D eigenvalue weighted by Crippen LogP contribution is -2.55. The van der Waals surface area contributed by atoms with Crippen molar-refractivity contribution >= 4 is 10.0 Å². The molecule has 0 saturated heterocycles. The molecule has 30 heavy (non-hydrogen) atoms. The highest BCUT2D eigenvalue weighted by Gasteiger charge is 2.36. The Balaban J connectivity index is 1.70. The Morgan fingerprint density at radius 1 is 1.00 bits per heavy atom. The zero-order valence-electron chi connectivity index (χ0n) is 18.3. The van der Waals surface area contributed by atoms with Gasteiger partial charge in [0, 0.05) is 12.1 Å². The standard InChI is InChI=1S/C24H34N2O3S/c1-4-26(5-2)24-17-21(29-18-20-9-7-6-8-10-20)13-16-23(24)25-30(27,28)22-14-11-19(3)12-15-22/h6-12,14-15,21,23-25H,4-5,13,16-18H2,1-3H3/t21-,23-,24-/m0/s1. The second-order valence-corrected chi connectivity index (χ2v) is 9.78. The zero-order chi connectivity index (χ0) is 21.6. The lowest BCUT2D eigenvalue weighted by molar-refractivity contribution is -0.0170. The number of benzene rings is 2. The summed E-state index contributed by atoms with van der Waals surface area (Å²) in [6, 6.07) is 17.2. The normalized spacial score (nSPS) is 22.3. The highest BCUT2D eigenvalue weighted by molar-refractivity contribution is 7.89. The molecule has 3 rings (SSSR count). The molecular formula is C24H34N2O3S. The molecule has 6 heteroatoms. The molecule has 1 aliphatic carbocycles. The van der Waals surface area contributed by atoms with Crippen molar-refractivity contribution in [2.24, 2.45) is 0 Å². The van der Waals surface area contributed by atoms with Gasteiger partial charge in [0.05, 0.1) is 17.6 Å². The van der Waals surface area contributed by atoms with E-state index in [9.17, 15) is 8.42 Å². The fraction of sp³-hybridized carbons (Fsp3) is 0.500. The molecule has 0 aliphatic heterocycles. The summed E-state index contributed by atoms with van der Waals surface area (Å²) in [5.41, 5.74) is 2.21. The van der Waals surface area contributed by atoms with E-state index in [2.05, 4.69) is 35.6 Å². The van der Waals surface area contributed by atoms with Crippen LogP contribution in [0.5, 0.6) is 0 Å². The Morgan fingerprint density at radius 3 is 2.30 bits per heavy atom. The van der Waals surface area contributed by atoms with Crippen molar-refractivity contribution in [1.29, 1.82) is 0 Å². The van der Waals surface area contributed by atoms with E-state index >= 15 is 0 Å². The zero-order valence-corrected chi connectivity index (χ0v) is 19.1. The molecule has 0 aromatic heterocycles. The van der Waals surface area contributed by atoms with Crippen molar-refractivity contribution in [3.05, 3.63) is 65.7 Å². The summed E-state index contributed by atoms with van der Waals surface area (Å²) >= 11 is 0. The summed E-state index contributed by atoms with van der Waals surface area (Å²) in [6.07, 6.45) is 2.59. The van der Waals surface area contributed by atoms with Crippen LogP contribution in [0.1, 0.15) is 44.2 Å². The van der Waals surface area contributed by atoms with Crippen LogP contribution < -0.4 is 4.72 Å². The summed E-state index contributed by atoms with van der Waals surface area (Å²) in [5, 5.41) is 0. The Hall–Kier alpha value is -1.73. The minimum absolute atomic E-state index is 0.118.